The van der Waals surface area contributed by atoms with Gasteiger partial charge >= 0.3 is 0 Å². The van der Waals surface area contributed by atoms with E-state index in [0.717, 1.165) is 24.0 Å². The van der Waals surface area contributed by atoms with E-state index in [2.05, 4.69) is 0 Å². The normalized spacial score (nSPS) is 14.8. The highest BCUT2D eigenvalue weighted by atomic mass is 19.1. The average Bonchev–Trinajstić information content (AvgIpc) is 3.48. The van der Waals surface area contributed by atoms with Crippen molar-refractivity contribution in [3.8, 4) is 0 Å². The number of hydrogen-bond acceptors (Lipinski definition) is 5. The summed E-state index contributed by atoms with van der Waals surface area (Å²) in [5.41, 5.74) is 2.72. The lowest BCUT2D eigenvalue weighted by Gasteiger charge is -2.29. The first kappa shape index (κ1) is 27.3. The second kappa shape index (κ2) is 12.3. The summed E-state index contributed by atoms with van der Waals surface area (Å²) in [5.74, 6) is -1.16. The maximum Gasteiger partial charge on any atom is 0.254 e. The van der Waals surface area contributed by atoms with Crippen LogP contribution in [-0.2, 0) is 22.6 Å². The largest absolute Gasteiger partial charge is 0.464 e. The molecule has 0 saturated carbocycles. The SMILES string of the molecule is Cc1ccc2occ(CN(Cc3ccccc3)C(=O)CN(CC3CCCO3)C(=O)c3ccc(F)cc3)c(=O)c2c1. The number of amides is 2. The van der Waals surface area contributed by atoms with Gasteiger partial charge < -0.3 is 19.0 Å². The van der Waals surface area contributed by atoms with E-state index in [1.807, 2.05) is 43.3 Å². The number of benzene rings is 3. The zero-order chi connectivity index (χ0) is 28.1. The van der Waals surface area contributed by atoms with Crippen molar-refractivity contribution in [3.63, 3.8) is 0 Å². The summed E-state index contributed by atoms with van der Waals surface area (Å²) in [6.45, 7) is 2.77. The molecular weight excluding hydrogens is 511 g/mol. The van der Waals surface area contributed by atoms with Crippen LogP contribution in [0.1, 0.15) is 39.9 Å². The standard InChI is InChI=1S/C32H31FN2O5/c1-22-9-14-29-28(16-22)31(37)25(21-40-29)18-34(17-23-6-3-2-4-7-23)30(36)20-35(19-27-8-5-15-39-27)32(38)24-10-12-26(33)13-11-24/h2-4,6-7,9-14,16,21,27H,5,8,15,17-20H2,1H3. The van der Waals surface area contributed by atoms with E-state index in [1.54, 1.807) is 17.0 Å². The van der Waals surface area contributed by atoms with Gasteiger partial charge in [-0.3, -0.25) is 14.4 Å². The Labute approximate surface area is 231 Å². The van der Waals surface area contributed by atoms with Crippen LogP contribution in [0.25, 0.3) is 11.0 Å². The lowest BCUT2D eigenvalue weighted by atomic mass is 10.1. The van der Waals surface area contributed by atoms with Crippen molar-refractivity contribution in [3.05, 3.63) is 117 Å². The van der Waals surface area contributed by atoms with Crippen molar-refractivity contribution in [1.82, 2.24) is 9.80 Å². The predicted molar refractivity (Wildman–Crippen MR) is 149 cm³/mol. The van der Waals surface area contributed by atoms with E-state index in [0.29, 0.717) is 23.1 Å². The fourth-order valence-electron chi connectivity index (χ4n) is 4.93. The van der Waals surface area contributed by atoms with Gasteiger partial charge in [0.05, 0.1) is 29.9 Å². The van der Waals surface area contributed by atoms with Crippen molar-refractivity contribution >= 4 is 22.8 Å². The first-order valence-corrected chi connectivity index (χ1v) is 13.4. The molecule has 1 unspecified atom stereocenters. The monoisotopic (exact) mass is 542 g/mol. The summed E-state index contributed by atoms with van der Waals surface area (Å²) in [7, 11) is 0. The van der Waals surface area contributed by atoms with Gasteiger partial charge in [0.25, 0.3) is 5.91 Å². The number of carbonyl (C=O) groups excluding carboxylic acids is 2. The number of aryl methyl sites for hydroxylation is 1. The van der Waals surface area contributed by atoms with Crippen LogP contribution in [-0.4, -0.2) is 47.4 Å². The van der Waals surface area contributed by atoms with Gasteiger partial charge in [0.2, 0.25) is 5.91 Å². The first-order valence-electron chi connectivity index (χ1n) is 13.4. The number of carbonyl (C=O) groups is 2. The molecule has 5 rings (SSSR count). The van der Waals surface area contributed by atoms with Crippen molar-refractivity contribution in [2.75, 3.05) is 19.7 Å². The van der Waals surface area contributed by atoms with Crippen LogP contribution in [0.4, 0.5) is 4.39 Å². The minimum Gasteiger partial charge on any atom is -0.464 e. The fourth-order valence-corrected chi connectivity index (χ4v) is 4.93. The van der Waals surface area contributed by atoms with Crippen LogP contribution in [0.2, 0.25) is 0 Å². The van der Waals surface area contributed by atoms with Crippen LogP contribution in [0.3, 0.4) is 0 Å². The molecule has 40 heavy (non-hydrogen) atoms. The molecule has 8 heteroatoms. The second-order valence-electron chi connectivity index (χ2n) is 10.2. The zero-order valence-electron chi connectivity index (χ0n) is 22.3. The molecular formula is C32H31FN2O5. The molecule has 7 nitrogen and oxygen atoms in total. The Morgan fingerprint density at radius 3 is 2.48 bits per heavy atom. The highest BCUT2D eigenvalue weighted by Crippen LogP contribution is 2.18. The number of ether oxygens (including phenoxy) is 1. The fraction of sp³-hybridized carbons (Fsp3) is 0.281. The predicted octanol–water partition coefficient (Wildman–Crippen LogP) is 5.09. The van der Waals surface area contributed by atoms with E-state index < -0.39 is 5.82 Å². The van der Waals surface area contributed by atoms with E-state index in [4.69, 9.17) is 9.15 Å². The van der Waals surface area contributed by atoms with E-state index in [1.165, 1.54) is 35.4 Å². The Bertz CT molecular complexity index is 1550. The summed E-state index contributed by atoms with van der Waals surface area (Å²) in [4.78, 5) is 43.7. The summed E-state index contributed by atoms with van der Waals surface area (Å²) in [6, 6.07) is 20.1. The first-order chi connectivity index (χ1) is 19.4. The molecule has 0 aliphatic carbocycles. The van der Waals surface area contributed by atoms with Crippen LogP contribution >= 0.6 is 0 Å². The summed E-state index contributed by atoms with van der Waals surface area (Å²) >= 11 is 0. The molecule has 0 spiro atoms. The molecule has 4 aromatic rings. The topological polar surface area (TPSA) is 80.1 Å². The third kappa shape index (κ3) is 6.46. The van der Waals surface area contributed by atoms with Crippen LogP contribution in [0.15, 0.2) is 88.3 Å². The molecule has 1 aromatic heterocycles. The third-order valence-corrected chi connectivity index (χ3v) is 7.08. The maximum absolute atomic E-state index is 13.9. The molecule has 206 valence electrons. The molecule has 1 aliphatic rings. The van der Waals surface area contributed by atoms with Gasteiger partial charge in [-0.1, -0.05) is 42.0 Å². The minimum atomic E-state index is -0.447. The summed E-state index contributed by atoms with van der Waals surface area (Å²) in [5, 5.41) is 0.455. The van der Waals surface area contributed by atoms with E-state index in [9.17, 15) is 18.8 Å². The molecule has 0 N–H and O–H groups in total. The molecule has 0 bridgehead atoms. The Balaban J connectivity index is 1.44. The van der Waals surface area contributed by atoms with Crippen molar-refractivity contribution in [2.45, 2.75) is 39.0 Å². The van der Waals surface area contributed by atoms with E-state index >= 15 is 0 Å². The van der Waals surface area contributed by atoms with Gasteiger partial charge in [-0.05, 0) is 61.7 Å². The van der Waals surface area contributed by atoms with Crippen molar-refractivity contribution in [2.24, 2.45) is 0 Å². The van der Waals surface area contributed by atoms with Crippen LogP contribution < -0.4 is 5.43 Å². The molecule has 2 amide bonds. The lowest BCUT2D eigenvalue weighted by molar-refractivity contribution is -0.133. The number of rotatable bonds is 9. The number of hydrogen-bond donors (Lipinski definition) is 0. The Hall–Kier alpha value is -4.30. The molecule has 1 atom stereocenters. The van der Waals surface area contributed by atoms with Gasteiger partial charge in [-0.25, -0.2) is 4.39 Å². The summed E-state index contributed by atoms with van der Waals surface area (Å²) < 4.78 is 25.0. The van der Waals surface area contributed by atoms with Gasteiger partial charge in [-0.15, -0.1) is 0 Å². The zero-order valence-corrected chi connectivity index (χ0v) is 22.3. The second-order valence-corrected chi connectivity index (χ2v) is 10.2. The quantitative estimate of drug-likeness (QED) is 0.294. The summed E-state index contributed by atoms with van der Waals surface area (Å²) in [6.07, 6.45) is 2.89. The molecule has 1 aliphatic heterocycles. The van der Waals surface area contributed by atoms with Gasteiger partial charge in [0, 0.05) is 25.3 Å². The highest BCUT2D eigenvalue weighted by molar-refractivity contribution is 5.96. The highest BCUT2D eigenvalue weighted by Gasteiger charge is 2.28. The lowest BCUT2D eigenvalue weighted by Crippen LogP contribution is -2.45. The van der Waals surface area contributed by atoms with Gasteiger partial charge in [-0.2, -0.15) is 0 Å². The Kier molecular flexibility index (Phi) is 8.36. The Morgan fingerprint density at radius 1 is 0.975 bits per heavy atom. The van der Waals surface area contributed by atoms with Crippen molar-refractivity contribution < 1.29 is 23.1 Å². The minimum absolute atomic E-state index is 0.0124. The van der Waals surface area contributed by atoms with Crippen molar-refractivity contribution in [1.29, 1.82) is 0 Å². The van der Waals surface area contributed by atoms with Gasteiger partial charge in [0.15, 0.2) is 5.43 Å². The Morgan fingerprint density at radius 2 is 1.75 bits per heavy atom. The maximum atomic E-state index is 13.9. The smallest absolute Gasteiger partial charge is 0.254 e. The number of fused-ring (bicyclic) bond motifs is 1. The molecule has 1 saturated heterocycles. The average molecular weight is 543 g/mol. The number of halogens is 1. The molecule has 0 radical (unpaired) electrons. The van der Waals surface area contributed by atoms with Crippen LogP contribution in [0.5, 0.6) is 0 Å². The molecule has 3 aromatic carbocycles. The van der Waals surface area contributed by atoms with Crippen LogP contribution in [0, 0.1) is 12.7 Å². The van der Waals surface area contributed by atoms with E-state index in [-0.39, 0.29) is 55.1 Å². The third-order valence-electron chi connectivity index (χ3n) is 7.08. The number of nitrogens with zero attached hydrogens (tertiary/aromatic N) is 2. The van der Waals surface area contributed by atoms with Gasteiger partial charge in [0.1, 0.15) is 17.9 Å². The molecule has 1 fully saturated rings. The molecule has 2 heterocycles.